The Bertz CT molecular complexity index is 1140. The largest absolute Gasteiger partial charge is 0.354 e. The van der Waals surface area contributed by atoms with Crippen LogP contribution in [0.25, 0.3) is 22.2 Å². The number of piperazine rings is 1. The fraction of sp³-hybridized carbons (Fsp3) is 0.286. The molecule has 1 unspecified atom stereocenters. The molecule has 1 saturated heterocycles. The van der Waals surface area contributed by atoms with Crippen LogP contribution in [0.3, 0.4) is 0 Å². The Morgan fingerprint density at radius 1 is 0.806 bits per heavy atom. The molecule has 1 aliphatic heterocycles. The molecule has 3 nitrogen and oxygen atoms in total. The van der Waals surface area contributed by atoms with Gasteiger partial charge in [0.25, 0.3) is 0 Å². The standard InChI is InChI=1S/C28H31N3/c1-3-30-17-19-31(20-18-30)28(23-15-13-21(2)14-16-23)26-24-11-7-8-12-25(24)29-27(26)22-9-5-4-6-10-22/h4-16,28-29H,3,17-20H2,1-2H3. The van der Waals surface area contributed by atoms with Gasteiger partial charge in [-0.05, 0) is 30.7 Å². The number of nitrogens with zero attached hydrogens (tertiary/aromatic N) is 2. The average molecular weight is 410 g/mol. The number of rotatable bonds is 5. The Morgan fingerprint density at radius 2 is 1.48 bits per heavy atom. The predicted molar refractivity (Wildman–Crippen MR) is 130 cm³/mol. The van der Waals surface area contributed by atoms with Crippen molar-refractivity contribution in [3.05, 3.63) is 95.6 Å². The molecular weight excluding hydrogens is 378 g/mol. The summed E-state index contributed by atoms with van der Waals surface area (Å²) in [7, 11) is 0. The lowest BCUT2D eigenvalue weighted by Gasteiger charge is -2.39. The first-order valence-electron chi connectivity index (χ1n) is 11.4. The van der Waals surface area contributed by atoms with Crippen LogP contribution in [0.5, 0.6) is 0 Å². The Morgan fingerprint density at radius 3 is 2.19 bits per heavy atom. The maximum atomic E-state index is 3.76. The monoisotopic (exact) mass is 409 g/mol. The van der Waals surface area contributed by atoms with Crippen LogP contribution in [0.1, 0.15) is 29.7 Å². The molecule has 1 aromatic heterocycles. The zero-order chi connectivity index (χ0) is 21.2. The topological polar surface area (TPSA) is 22.3 Å². The molecule has 3 heteroatoms. The molecule has 5 rings (SSSR count). The second-order valence-corrected chi connectivity index (χ2v) is 8.61. The Kier molecular flexibility index (Phi) is 5.63. The van der Waals surface area contributed by atoms with Gasteiger partial charge >= 0.3 is 0 Å². The van der Waals surface area contributed by atoms with Crippen LogP contribution >= 0.6 is 0 Å². The summed E-state index contributed by atoms with van der Waals surface area (Å²) in [5, 5.41) is 1.32. The van der Waals surface area contributed by atoms with E-state index in [0.717, 1.165) is 32.7 Å². The van der Waals surface area contributed by atoms with Crippen LogP contribution in [0.2, 0.25) is 0 Å². The first-order valence-corrected chi connectivity index (χ1v) is 11.4. The molecule has 1 fully saturated rings. The van der Waals surface area contributed by atoms with Gasteiger partial charge in [-0.25, -0.2) is 0 Å². The molecule has 0 amide bonds. The quantitative estimate of drug-likeness (QED) is 0.445. The SMILES string of the molecule is CCN1CCN(C(c2ccc(C)cc2)c2c(-c3ccccc3)[nH]c3ccccc23)CC1. The minimum atomic E-state index is 0.228. The van der Waals surface area contributed by atoms with Crippen molar-refractivity contribution in [2.45, 2.75) is 19.9 Å². The van der Waals surface area contributed by atoms with E-state index in [-0.39, 0.29) is 6.04 Å². The molecule has 3 aromatic carbocycles. The van der Waals surface area contributed by atoms with Gasteiger partial charge in [0.15, 0.2) is 0 Å². The van der Waals surface area contributed by atoms with E-state index in [9.17, 15) is 0 Å². The fourth-order valence-corrected chi connectivity index (χ4v) is 4.93. The van der Waals surface area contributed by atoms with E-state index in [1.807, 2.05) is 0 Å². The van der Waals surface area contributed by atoms with Crippen molar-refractivity contribution >= 4 is 10.9 Å². The molecule has 31 heavy (non-hydrogen) atoms. The third kappa shape index (κ3) is 3.91. The zero-order valence-corrected chi connectivity index (χ0v) is 18.5. The molecule has 4 aromatic rings. The van der Waals surface area contributed by atoms with Gasteiger partial charge in [-0.2, -0.15) is 0 Å². The summed E-state index contributed by atoms with van der Waals surface area (Å²) in [5.74, 6) is 0. The molecule has 2 heterocycles. The summed E-state index contributed by atoms with van der Waals surface area (Å²) in [6, 6.07) is 28.9. The molecule has 0 radical (unpaired) electrons. The maximum absolute atomic E-state index is 3.76. The van der Waals surface area contributed by atoms with Crippen LogP contribution in [0.4, 0.5) is 0 Å². The highest BCUT2D eigenvalue weighted by Gasteiger charge is 2.30. The van der Waals surface area contributed by atoms with Gasteiger partial charge < -0.3 is 9.88 Å². The van der Waals surface area contributed by atoms with Crippen molar-refractivity contribution in [3.8, 4) is 11.3 Å². The van der Waals surface area contributed by atoms with E-state index in [1.54, 1.807) is 0 Å². The van der Waals surface area contributed by atoms with Gasteiger partial charge in [0, 0.05) is 42.6 Å². The molecule has 1 aliphatic rings. The number of likely N-dealkylation sites (N-methyl/N-ethyl adjacent to an activating group) is 1. The summed E-state index contributed by atoms with van der Waals surface area (Å²) in [5.41, 5.74) is 7.78. The summed E-state index contributed by atoms with van der Waals surface area (Å²) in [4.78, 5) is 9.00. The molecule has 0 aliphatic carbocycles. The first-order chi connectivity index (χ1) is 15.2. The average Bonchev–Trinajstić information content (AvgIpc) is 3.21. The minimum absolute atomic E-state index is 0.228. The smallest absolute Gasteiger partial charge is 0.0630 e. The summed E-state index contributed by atoms with van der Waals surface area (Å²) >= 11 is 0. The van der Waals surface area contributed by atoms with Crippen molar-refractivity contribution in [2.75, 3.05) is 32.7 Å². The lowest BCUT2D eigenvalue weighted by molar-refractivity contribution is 0.114. The molecular formula is C28H31N3. The maximum Gasteiger partial charge on any atom is 0.0630 e. The normalized spacial score (nSPS) is 16.6. The van der Waals surface area contributed by atoms with Crippen molar-refractivity contribution in [3.63, 3.8) is 0 Å². The highest BCUT2D eigenvalue weighted by molar-refractivity contribution is 5.91. The predicted octanol–water partition coefficient (Wildman–Crippen LogP) is 5.87. The molecule has 1 atom stereocenters. The van der Waals surface area contributed by atoms with E-state index in [4.69, 9.17) is 0 Å². The van der Waals surface area contributed by atoms with E-state index < -0.39 is 0 Å². The Balaban J connectivity index is 1.70. The lowest BCUT2D eigenvalue weighted by atomic mass is 9.91. The van der Waals surface area contributed by atoms with Crippen molar-refractivity contribution < 1.29 is 0 Å². The van der Waals surface area contributed by atoms with E-state index in [2.05, 4.69) is 107 Å². The van der Waals surface area contributed by atoms with Gasteiger partial charge in [-0.15, -0.1) is 0 Å². The second kappa shape index (κ2) is 8.70. The first kappa shape index (κ1) is 20.0. The van der Waals surface area contributed by atoms with Crippen LogP contribution in [0, 0.1) is 6.92 Å². The van der Waals surface area contributed by atoms with Gasteiger partial charge in [-0.1, -0.05) is 85.3 Å². The van der Waals surface area contributed by atoms with Crippen molar-refractivity contribution in [1.82, 2.24) is 14.8 Å². The number of aromatic amines is 1. The van der Waals surface area contributed by atoms with Crippen LogP contribution < -0.4 is 0 Å². The minimum Gasteiger partial charge on any atom is -0.354 e. The summed E-state index contributed by atoms with van der Waals surface area (Å²) in [6.07, 6.45) is 0. The summed E-state index contributed by atoms with van der Waals surface area (Å²) < 4.78 is 0. The zero-order valence-electron chi connectivity index (χ0n) is 18.5. The molecule has 0 bridgehead atoms. The Hall–Kier alpha value is -2.88. The summed E-state index contributed by atoms with van der Waals surface area (Å²) in [6.45, 7) is 9.98. The number of hydrogen-bond acceptors (Lipinski definition) is 2. The van der Waals surface area contributed by atoms with Crippen LogP contribution in [-0.2, 0) is 0 Å². The van der Waals surface area contributed by atoms with E-state index in [1.165, 1.54) is 38.9 Å². The van der Waals surface area contributed by atoms with Crippen molar-refractivity contribution in [2.24, 2.45) is 0 Å². The molecule has 0 saturated carbocycles. The molecule has 0 spiro atoms. The lowest BCUT2D eigenvalue weighted by Crippen LogP contribution is -2.47. The number of benzene rings is 3. The third-order valence-corrected chi connectivity index (χ3v) is 6.69. The number of H-pyrrole nitrogens is 1. The number of aryl methyl sites for hydroxylation is 1. The van der Waals surface area contributed by atoms with Gasteiger partial charge in [-0.3, -0.25) is 4.90 Å². The highest BCUT2D eigenvalue weighted by atomic mass is 15.3. The van der Waals surface area contributed by atoms with Crippen LogP contribution in [-0.4, -0.2) is 47.5 Å². The number of para-hydroxylation sites is 1. The van der Waals surface area contributed by atoms with Crippen molar-refractivity contribution in [1.29, 1.82) is 0 Å². The number of hydrogen-bond donors (Lipinski definition) is 1. The fourth-order valence-electron chi connectivity index (χ4n) is 4.93. The number of aromatic nitrogens is 1. The highest BCUT2D eigenvalue weighted by Crippen LogP contribution is 2.41. The Labute approximate surface area is 185 Å². The number of nitrogens with one attached hydrogen (secondary N) is 1. The van der Waals surface area contributed by atoms with E-state index in [0.29, 0.717) is 0 Å². The second-order valence-electron chi connectivity index (χ2n) is 8.61. The van der Waals surface area contributed by atoms with E-state index >= 15 is 0 Å². The van der Waals surface area contributed by atoms with Gasteiger partial charge in [0.1, 0.15) is 0 Å². The van der Waals surface area contributed by atoms with Crippen LogP contribution in [0.15, 0.2) is 78.9 Å². The molecule has 158 valence electrons. The molecule has 1 N–H and O–H groups in total. The number of fused-ring (bicyclic) bond motifs is 1. The van der Waals surface area contributed by atoms with Gasteiger partial charge in [0.2, 0.25) is 0 Å². The van der Waals surface area contributed by atoms with Gasteiger partial charge in [0.05, 0.1) is 11.7 Å². The third-order valence-electron chi connectivity index (χ3n) is 6.69.